The molecule has 1 fully saturated rings. The van der Waals surface area contributed by atoms with E-state index < -0.39 is 5.82 Å². The number of allylic oxidation sites excluding steroid dienone is 1. The van der Waals surface area contributed by atoms with Crippen molar-refractivity contribution >= 4 is 23.1 Å². The highest BCUT2D eigenvalue weighted by atomic mass is 35.5. The first kappa shape index (κ1) is 16.8. The summed E-state index contributed by atoms with van der Waals surface area (Å²) in [5.74, 6) is 0.513. The summed E-state index contributed by atoms with van der Waals surface area (Å²) < 4.78 is 15.3. The molecule has 0 N–H and O–H groups in total. The Bertz CT molecular complexity index is 948. The average molecular weight is 373 g/mol. The van der Waals surface area contributed by atoms with Gasteiger partial charge in [-0.2, -0.15) is 4.52 Å². The highest BCUT2D eigenvalue weighted by Crippen LogP contribution is 2.20. The van der Waals surface area contributed by atoms with Crippen LogP contribution < -0.4 is 4.90 Å². The predicted molar refractivity (Wildman–Crippen MR) is 98.8 cm³/mol. The number of piperazine rings is 1. The Kier molecular flexibility index (Phi) is 4.46. The molecule has 8 heteroatoms. The molecule has 6 nitrogen and oxygen atoms in total. The molecule has 0 amide bonds. The normalized spacial score (nSPS) is 14.8. The number of benzene rings is 1. The minimum Gasteiger partial charge on any atom is -0.371 e. The van der Waals surface area contributed by atoms with Crippen LogP contribution in [0.25, 0.3) is 5.65 Å². The van der Waals surface area contributed by atoms with Gasteiger partial charge in [-0.05, 0) is 29.8 Å². The topological polar surface area (TPSA) is 49.6 Å². The van der Waals surface area contributed by atoms with Crippen LogP contribution in [0.4, 0.5) is 10.2 Å². The molecule has 0 saturated carbocycles. The number of hydrogen-bond acceptors (Lipinski definition) is 5. The Labute approximate surface area is 155 Å². The maximum Gasteiger partial charge on any atom is 0.177 e. The van der Waals surface area contributed by atoms with Gasteiger partial charge in [-0.1, -0.05) is 24.2 Å². The first-order valence-corrected chi connectivity index (χ1v) is 8.76. The van der Waals surface area contributed by atoms with Crippen molar-refractivity contribution < 1.29 is 4.39 Å². The SMILES string of the molecule is C=C(Cc1ccc(Cl)c(F)c1)N1CCN(c2ccc3nncn3n2)CC1. The molecule has 26 heavy (non-hydrogen) atoms. The van der Waals surface area contributed by atoms with Gasteiger partial charge in [0.15, 0.2) is 5.65 Å². The Morgan fingerprint density at radius 1 is 1.15 bits per heavy atom. The maximum absolute atomic E-state index is 13.6. The Morgan fingerprint density at radius 2 is 1.96 bits per heavy atom. The third-order valence-corrected chi connectivity index (χ3v) is 4.90. The highest BCUT2D eigenvalue weighted by molar-refractivity contribution is 6.30. The van der Waals surface area contributed by atoms with Crippen LogP contribution in [0.2, 0.25) is 5.02 Å². The lowest BCUT2D eigenvalue weighted by Crippen LogP contribution is -2.46. The fourth-order valence-corrected chi connectivity index (χ4v) is 3.25. The molecule has 0 unspecified atom stereocenters. The molecule has 1 saturated heterocycles. The van der Waals surface area contributed by atoms with E-state index in [4.69, 9.17) is 11.6 Å². The van der Waals surface area contributed by atoms with E-state index in [-0.39, 0.29) is 5.02 Å². The first-order chi connectivity index (χ1) is 12.6. The first-order valence-electron chi connectivity index (χ1n) is 8.39. The lowest BCUT2D eigenvalue weighted by Gasteiger charge is -2.37. The summed E-state index contributed by atoms with van der Waals surface area (Å²) in [7, 11) is 0. The molecule has 0 bridgehead atoms. The monoisotopic (exact) mass is 372 g/mol. The van der Waals surface area contributed by atoms with Gasteiger partial charge in [0.25, 0.3) is 0 Å². The van der Waals surface area contributed by atoms with Gasteiger partial charge in [0.05, 0.1) is 5.02 Å². The average Bonchev–Trinajstić information content (AvgIpc) is 3.12. The number of aromatic nitrogens is 4. The van der Waals surface area contributed by atoms with Gasteiger partial charge < -0.3 is 9.80 Å². The quantitative estimate of drug-likeness (QED) is 0.705. The Hall–Kier alpha value is -2.67. The van der Waals surface area contributed by atoms with E-state index in [0.717, 1.165) is 48.9 Å². The number of halogens is 2. The minimum atomic E-state index is -0.391. The molecule has 2 aromatic heterocycles. The zero-order chi connectivity index (χ0) is 18.1. The van der Waals surface area contributed by atoms with Gasteiger partial charge in [-0.3, -0.25) is 0 Å². The third kappa shape index (κ3) is 3.35. The standard InChI is InChI=1S/C18H18ClFN6/c1-13(10-14-2-3-15(19)16(20)11-14)24-6-8-25(9-7-24)18-5-4-17-22-21-12-26(17)23-18/h2-5,11-12H,1,6-10H2. The second-order valence-corrected chi connectivity index (χ2v) is 6.70. The van der Waals surface area contributed by atoms with Gasteiger partial charge in [0, 0.05) is 38.3 Å². The van der Waals surface area contributed by atoms with Crippen LogP contribution in [-0.2, 0) is 6.42 Å². The summed E-state index contributed by atoms with van der Waals surface area (Å²) >= 11 is 5.74. The highest BCUT2D eigenvalue weighted by Gasteiger charge is 2.19. The van der Waals surface area contributed by atoms with E-state index >= 15 is 0 Å². The van der Waals surface area contributed by atoms with E-state index in [1.807, 2.05) is 18.2 Å². The van der Waals surface area contributed by atoms with Crippen LogP contribution in [0.5, 0.6) is 0 Å². The van der Waals surface area contributed by atoms with Crippen LogP contribution in [0, 0.1) is 5.82 Å². The molecule has 4 rings (SSSR count). The van der Waals surface area contributed by atoms with Crippen LogP contribution >= 0.6 is 11.6 Å². The van der Waals surface area contributed by atoms with Gasteiger partial charge >= 0.3 is 0 Å². The lowest BCUT2D eigenvalue weighted by atomic mass is 10.1. The number of rotatable bonds is 4. The summed E-state index contributed by atoms with van der Waals surface area (Å²) in [4.78, 5) is 4.46. The summed E-state index contributed by atoms with van der Waals surface area (Å²) in [6.07, 6.45) is 2.21. The van der Waals surface area contributed by atoms with E-state index in [9.17, 15) is 4.39 Å². The van der Waals surface area contributed by atoms with Gasteiger partial charge in [0.2, 0.25) is 0 Å². The van der Waals surface area contributed by atoms with Crippen LogP contribution in [0.15, 0.2) is 48.9 Å². The summed E-state index contributed by atoms with van der Waals surface area (Å²) in [5.41, 5.74) is 2.59. The third-order valence-electron chi connectivity index (χ3n) is 4.59. The van der Waals surface area contributed by atoms with E-state index in [2.05, 4.69) is 31.7 Å². The lowest BCUT2D eigenvalue weighted by molar-refractivity contribution is 0.315. The van der Waals surface area contributed by atoms with Crippen molar-refractivity contribution in [1.82, 2.24) is 24.7 Å². The molecular weight excluding hydrogens is 355 g/mol. The maximum atomic E-state index is 13.6. The van der Waals surface area contributed by atoms with Crippen molar-refractivity contribution in [3.05, 3.63) is 65.3 Å². The fourth-order valence-electron chi connectivity index (χ4n) is 3.14. The smallest absolute Gasteiger partial charge is 0.177 e. The van der Waals surface area contributed by atoms with Crippen LogP contribution in [0.3, 0.4) is 0 Å². The van der Waals surface area contributed by atoms with Crippen molar-refractivity contribution in [3.63, 3.8) is 0 Å². The van der Waals surface area contributed by atoms with E-state index in [1.165, 1.54) is 6.07 Å². The number of nitrogens with zero attached hydrogens (tertiary/aromatic N) is 6. The molecular formula is C18H18ClFN6. The van der Waals surface area contributed by atoms with E-state index in [0.29, 0.717) is 6.42 Å². The molecule has 3 heterocycles. The van der Waals surface area contributed by atoms with Gasteiger partial charge in [-0.15, -0.1) is 15.3 Å². The second kappa shape index (κ2) is 6.92. The van der Waals surface area contributed by atoms with Crippen LogP contribution in [0.1, 0.15) is 5.56 Å². The summed E-state index contributed by atoms with van der Waals surface area (Å²) in [5, 5.41) is 12.5. The van der Waals surface area contributed by atoms with Crippen molar-refractivity contribution in [3.8, 4) is 0 Å². The predicted octanol–water partition coefficient (Wildman–Crippen LogP) is 2.80. The molecule has 3 aromatic rings. The van der Waals surface area contributed by atoms with Gasteiger partial charge in [0.1, 0.15) is 18.0 Å². The molecule has 134 valence electrons. The summed E-state index contributed by atoms with van der Waals surface area (Å²) in [6.45, 7) is 7.55. The largest absolute Gasteiger partial charge is 0.371 e. The Morgan fingerprint density at radius 3 is 2.73 bits per heavy atom. The Balaban J connectivity index is 1.37. The van der Waals surface area contributed by atoms with E-state index in [1.54, 1.807) is 16.9 Å². The molecule has 1 aliphatic heterocycles. The van der Waals surface area contributed by atoms with Crippen molar-refractivity contribution in [2.45, 2.75) is 6.42 Å². The van der Waals surface area contributed by atoms with Crippen molar-refractivity contribution in [2.75, 3.05) is 31.1 Å². The molecule has 1 aliphatic rings. The molecule has 0 radical (unpaired) electrons. The molecule has 0 aliphatic carbocycles. The minimum absolute atomic E-state index is 0.144. The zero-order valence-electron chi connectivity index (χ0n) is 14.1. The second-order valence-electron chi connectivity index (χ2n) is 6.29. The van der Waals surface area contributed by atoms with Crippen molar-refractivity contribution in [1.29, 1.82) is 0 Å². The molecule has 1 aromatic carbocycles. The van der Waals surface area contributed by atoms with Gasteiger partial charge in [-0.25, -0.2) is 4.39 Å². The van der Waals surface area contributed by atoms with Crippen molar-refractivity contribution in [2.24, 2.45) is 0 Å². The zero-order valence-corrected chi connectivity index (χ0v) is 14.9. The number of fused-ring (bicyclic) bond motifs is 1. The molecule has 0 atom stereocenters. The number of hydrogen-bond donors (Lipinski definition) is 0. The fraction of sp³-hybridized carbons (Fsp3) is 0.278. The number of anilines is 1. The van der Waals surface area contributed by atoms with Crippen LogP contribution in [-0.4, -0.2) is 50.9 Å². The molecule has 0 spiro atoms. The summed E-state index contributed by atoms with van der Waals surface area (Å²) in [6, 6.07) is 8.78.